The van der Waals surface area contributed by atoms with Crippen molar-refractivity contribution in [2.24, 2.45) is 0 Å². The number of nitrogens with two attached hydrogens (primary N) is 1. The van der Waals surface area contributed by atoms with Crippen LogP contribution in [0.2, 0.25) is 0 Å². The summed E-state index contributed by atoms with van der Waals surface area (Å²) < 4.78 is 64.6. The predicted octanol–water partition coefficient (Wildman–Crippen LogP) is 2.08. The maximum absolute atomic E-state index is 12.5. The molecule has 0 saturated carbocycles. The van der Waals surface area contributed by atoms with E-state index in [9.17, 15) is 22.0 Å². The second kappa shape index (κ2) is 5.01. The Labute approximate surface area is 99.0 Å². The minimum atomic E-state index is -5.64. The molecule has 1 rings (SSSR count). The molecular formula is C9H10F5N3O. The third-order valence-corrected chi connectivity index (χ3v) is 1.85. The summed E-state index contributed by atoms with van der Waals surface area (Å²) in [7, 11) is 0. The van der Waals surface area contributed by atoms with Gasteiger partial charge >= 0.3 is 12.1 Å². The lowest BCUT2D eigenvalue weighted by Crippen LogP contribution is -2.40. The normalized spacial score (nSPS) is 12.8. The number of aryl methyl sites for hydroxylation is 1. The molecule has 0 unspecified atom stereocenters. The number of nitrogen functional groups attached to an aromatic ring is 1. The van der Waals surface area contributed by atoms with Crippen molar-refractivity contribution in [1.29, 1.82) is 0 Å². The molecule has 102 valence electrons. The molecule has 1 heterocycles. The molecule has 0 aliphatic rings. The molecule has 0 radical (unpaired) electrons. The monoisotopic (exact) mass is 271 g/mol. The number of rotatable bonds is 4. The predicted molar refractivity (Wildman–Crippen MR) is 51.8 cm³/mol. The molecular weight excluding hydrogens is 261 g/mol. The number of halogens is 5. The van der Waals surface area contributed by atoms with Gasteiger partial charge in [0.15, 0.2) is 5.82 Å². The average Bonchev–Trinajstić information content (AvgIpc) is 2.13. The van der Waals surface area contributed by atoms with Gasteiger partial charge < -0.3 is 10.5 Å². The van der Waals surface area contributed by atoms with Crippen LogP contribution in [-0.4, -0.2) is 28.7 Å². The van der Waals surface area contributed by atoms with Gasteiger partial charge in [-0.15, -0.1) is 0 Å². The molecule has 1 aromatic heterocycles. The molecule has 18 heavy (non-hydrogen) atoms. The molecule has 0 aliphatic carbocycles. The van der Waals surface area contributed by atoms with Crippen LogP contribution in [0, 0.1) is 6.92 Å². The molecule has 0 aromatic carbocycles. The van der Waals surface area contributed by atoms with Crippen molar-refractivity contribution >= 4 is 5.82 Å². The first-order valence-electron chi connectivity index (χ1n) is 4.74. The van der Waals surface area contributed by atoms with Crippen molar-refractivity contribution in [2.45, 2.75) is 25.6 Å². The summed E-state index contributed by atoms with van der Waals surface area (Å²) in [5.41, 5.74) is 5.81. The summed E-state index contributed by atoms with van der Waals surface area (Å²) in [6.07, 6.45) is -5.64. The highest BCUT2D eigenvalue weighted by Crippen LogP contribution is 2.35. The summed E-state index contributed by atoms with van der Waals surface area (Å²) in [5.74, 6) is -4.86. The standard InChI is InChI=1S/C9H10F5N3O/c1-5-2-6(15)17-7(16-5)3-18-4-8(10,11)9(12,13)14/h2H,3-4H2,1H3,(H2,15,16,17). The van der Waals surface area contributed by atoms with E-state index in [0.29, 0.717) is 5.69 Å². The highest BCUT2D eigenvalue weighted by Gasteiger charge is 2.57. The van der Waals surface area contributed by atoms with Crippen molar-refractivity contribution in [2.75, 3.05) is 12.3 Å². The second-order valence-electron chi connectivity index (χ2n) is 3.55. The van der Waals surface area contributed by atoms with Gasteiger partial charge in [0.1, 0.15) is 19.0 Å². The summed E-state index contributed by atoms with van der Waals surface area (Å²) in [6, 6.07) is 1.42. The van der Waals surface area contributed by atoms with E-state index >= 15 is 0 Å². The topological polar surface area (TPSA) is 61.0 Å². The van der Waals surface area contributed by atoms with E-state index in [1.807, 2.05) is 0 Å². The lowest BCUT2D eigenvalue weighted by atomic mass is 10.3. The zero-order chi connectivity index (χ0) is 14.0. The fourth-order valence-electron chi connectivity index (χ4n) is 1.07. The maximum atomic E-state index is 12.5. The number of hydrogen-bond acceptors (Lipinski definition) is 4. The smallest absolute Gasteiger partial charge is 0.384 e. The molecule has 0 spiro atoms. The van der Waals surface area contributed by atoms with Crippen molar-refractivity contribution in [3.8, 4) is 0 Å². The van der Waals surface area contributed by atoms with Crippen LogP contribution in [-0.2, 0) is 11.3 Å². The molecule has 0 fully saturated rings. The van der Waals surface area contributed by atoms with E-state index in [0.717, 1.165) is 0 Å². The lowest BCUT2D eigenvalue weighted by Gasteiger charge is -2.19. The number of nitrogens with zero attached hydrogens (tertiary/aromatic N) is 2. The van der Waals surface area contributed by atoms with E-state index in [1.54, 1.807) is 6.92 Å². The average molecular weight is 271 g/mol. The van der Waals surface area contributed by atoms with E-state index < -0.39 is 25.3 Å². The first-order valence-corrected chi connectivity index (χ1v) is 4.74. The van der Waals surface area contributed by atoms with E-state index in [-0.39, 0.29) is 11.6 Å². The van der Waals surface area contributed by atoms with Crippen LogP contribution in [0.3, 0.4) is 0 Å². The van der Waals surface area contributed by atoms with Gasteiger partial charge in [-0.1, -0.05) is 0 Å². The third-order valence-electron chi connectivity index (χ3n) is 1.85. The summed E-state index contributed by atoms with van der Waals surface area (Å²) in [6.45, 7) is -0.781. The largest absolute Gasteiger partial charge is 0.455 e. The van der Waals surface area contributed by atoms with Crippen LogP contribution in [0.1, 0.15) is 11.5 Å². The Balaban J connectivity index is 2.57. The van der Waals surface area contributed by atoms with Gasteiger partial charge in [-0.05, 0) is 6.92 Å². The maximum Gasteiger partial charge on any atom is 0.455 e. The summed E-state index contributed by atoms with van der Waals surface area (Å²) in [5, 5.41) is 0. The number of hydrogen-bond donors (Lipinski definition) is 1. The van der Waals surface area contributed by atoms with Crippen molar-refractivity contribution in [3.63, 3.8) is 0 Å². The number of anilines is 1. The molecule has 4 nitrogen and oxygen atoms in total. The van der Waals surface area contributed by atoms with Gasteiger partial charge in [-0.3, -0.25) is 0 Å². The van der Waals surface area contributed by atoms with Gasteiger partial charge in [0.2, 0.25) is 0 Å². The van der Waals surface area contributed by atoms with Crippen LogP contribution in [0.25, 0.3) is 0 Å². The number of aromatic nitrogens is 2. The Kier molecular flexibility index (Phi) is 4.05. The first kappa shape index (κ1) is 14.6. The lowest BCUT2D eigenvalue weighted by molar-refractivity contribution is -0.297. The highest BCUT2D eigenvalue weighted by molar-refractivity contribution is 5.28. The van der Waals surface area contributed by atoms with Gasteiger partial charge in [0, 0.05) is 11.8 Å². The second-order valence-corrected chi connectivity index (χ2v) is 3.55. The molecule has 0 atom stereocenters. The first-order chi connectivity index (χ1) is 8.12. The molecule has 0 aliphatic heterocycles. The Bertz CT molecular complexity index is 401. The fourth-order valence-corrected chi connectivity index (χ4v) is 1.07. The minimum absolute atomic E-state index is 0.0505. The van der Waals surface area contributed by atoms with Crippen LogP contribution >= 0.6 is 0 Å². The van der Waals surface area contributed by atoms with Crippen LogP contribution in [0.4, 0.5) is 27.8 Å². The van der Waals surface area contributed by atoms with E-state index in [4.69, 9.17) is 5.73 Å². The number of ether oxygens (including phenoxy) is 1. The van der Waals surface area contributed by atoms with Gasteiger partial charge in [0.05, 0.1) is 0 Å². The molecule has 0 amide bonds. The number of alkyl halides is 5. The Morgan fingerprint density at radius 2 is 1.83 bits per heavy atom. The summed E-state index contributed by atoms with van der Waals surface area (Å²) in [4.78, 5) is 7.40. The zero-order valence-corrected chi connectivity index (χ0v) is 9.26. The molecule has 9 heteroatoms. The molecule has 1 aromatic rings. The Hall–Kier alpha value is -1.51. The molecule has 0 bridgehead atoms. The van der Waals surface area contributed by atoms with Gasteiger partial charge in [-0.2, -0.15) is 22.0 Å². The van der Waals surface area contributed by atoms with Crippen molar-refractivity contribution in [3.05, 3.63) is 17.6 Å². The van der Waals surface area contributed by atoms with Crippen LogP contribution in [0.15, 0.2) is 6.07 Å². The fraction of sp³-hybridized carbons (Fsp3) is 0.556. The Morgan fingerprint density at radius 1 is 1.22 bits per heavy atom. The molecule has 0 saturated heterocycles. The Morgan fingerprint density at radius 3 is 2.33 bits per heavy atom. The van der Waals surface area contributed by atoms with E-state index in [1.165, 1.54) is 6.07 Å². The van der Waals surface area contributed by atoms with E-state index in [2.05, 4.69) is 14.7 Å². The highest BCUT2D eigenvalue weighted by atomic mass is 19.4. The van der Waals surface area contributed by atoms with Crippen LogP contribution in [0.5, 0.6) is 0 Å². The SMILES string of the molecule is Cc1cc(N)nc(COCC(F)(F)C(F)(F)F)n1. The quantitative estimate of drug-likeness (QED) is 0.852. The third kappa shape index (κ3) is 3.76. The van der Waals surface area contributed by atoms with Gasteiger partial charge in [0.25, 0.3) is 0 Å². The van der Waals surface area contributed by atoms with Crippen LogP contribution < -0.4 is 5.73 Å². The van der Waals surface area contributed by atoms with Crippen molar-refractivity contribution < 1.29 is 26.7 Å². The van der Waals surface area contributed by atoms with Crippen molar-refractivity contribution in [1.82, 2.24) is 9.97 Å². The minimum Gasteiger partial charge on any atom is -0.384 e. The molecule has 2 N–H and O–H groups in total. The zero-order valence-electron chi connectivity index (χ0n) is 9.26. The summed E-state index contributed by atoms with van der Waals surface area (Å²) >= 11 is 0. The van der Waals surface area contributed by atoms with Gasteiger partial charge in [-0.25, -0.2) is 9.97 Å².